The molecule has 0 aromatic carbocycles. The van der Waals surface area contributed by atoms with Crippen molar-refractivity contribution in [3.8, 4) is 0 Å². The Morgan fingerprint density at radius 3 is 2.69 bits per heavy atom. The van der Waals surface area contributed by atoms with Gasteiger partial charge in [-0.05, 0) is 17.5 Å². The third-order valence-corrected chi connectivity index (χ3v) is 1.97. The van der Waals surface area contributed by atoms with Gasteiger partial charge >= 0.3 is 0 Å². The van der Waals surface area contributed by atoms with Crippen LogP contribution in [0.2, 0.25) is 0 Å². The van der Waals surface area contributed by atoms with E-state index in [1.165, 1.54) is 0 Å². The SMILES string of the molecule is CC(C)(C)CC(=O)COCc1ccccn1. The van der Waals surface area contributed by atoms with Crippen molar-refractivity contribution >= 4 is 5.78 Å². The maximum atomic E-state index is 11.5. The number of carbonyl (C=O) groups is 1. The van der Waals surface area contributed by atoms with E-state index >= 15 is 0 Å². The van der Waals surface area contributed by atoms with E-state index in [0.717, 1.165) is 5.69 Å². The number of pyridine rings is 1. The average molecular weight is 221 g/mol. The number of ketones is 1. The number of ether oxygens (including phenoxy) is 1. The average Bonchev–Trinajstić information content (AvgIpc) is 2.16. The molecule has 0 N–H and O–H groups in total. The number of Topliss-reactive ketones (excluding diaryl/α,β-unsaturated/α-hetero) is 1. The fourth-order valence-electron chi connectivity index (χ4n) is 1.40. The van der Waals surface area contributed by atoms with E-state index in [4.69, 9.17) is 4.74 Å². The number of hydrogen-bond donors (Lipinski definition) is 0. The van der Waals surface area contributed by atoms with Crippen LogP contribution >= 0.6 is 0 Å². The summed E-state index contributed by atoms with van der Waals surface area (Å²) >= 11 is 0. The summed E-state index contributed by atoms with van der Waals surface area (Å²) in [6, 6.07) is 5.64. The maximum absolute atomic E-state index is 11.5. The molecule has 1 aromatic heterocycles. The van der Waals surface area contributed by atoms with E-state index in [-0.39, 0.29) is 17.8 Å². The van der Waals surface area contributed by atoms with Gasteiger partial charge in [-0.3, -0.25) is 9.78 Å². The summed E-state index contributed by atoms with van der Waals surface area (Å²) in [5.41, 5.74) is 0.886. The minimum atomic E-state index is 0.0332. The highest BCUT2D eigenvalue weighted by Crippen LogP contribution is 2.18. The first-order valence-corrected chi connectivity index (χ1v) is 5.47. The Kier molecular flexibility index (Phi) is 4.62. The number of hydrogen-bond acceptors (Lipinski definition) is 3. The molecule has 88 valence electrons. The molecular formula is C13H19NO2. The van der Waals surface area contributed by atoms with Crippen molar-refractivity contribution in [3.63, 3.8) is 0 Å². The lowest BCUT2D eigenvalue weighted by Gasteiger charge is -2.16. The lowest BCUT2D eigenvalue weighted by molar-refractivity contribution is -0.125. The van der Waals surface area contributed by atoms with Crippen molar-refractivity contribution in [3.05, 3.63) is 30.1 Å². The van der Waals surface area contributed by atoms with Gasteiger partial charge in [0.05, 0.1) is 12.3 Å². The third kappa shape index (κ3) is 5.61. The normalized spacial score (nSPS) is 11.4. The van der Waals surface area contributed by atoms with Gasteiger partial charge in [0.1, 0.15) is 6.61 Å². The van der Waals surface area contributed by atoms with Gasteiger partial charge in [-0.15, -0.1) is 0 Å². The van der Waals surface area contributed by atoms with E-state index in [9.17, 15) is 4.79 Å². The lowest BCUT2D eigenvalue weighted by atomic mass is 9.90. The predicted molar refractivity (Wildman–Crippen MR) is 63.0 cm³/mol. The number of aromatic nitrogens is 1. The first-order chi connectivity index (χ1) is 7.47. The van der Waals surface area contributed by atoms with Crippen molar-refractivity contribution in [2.45, 2.75) is 33.8 Å². The summed E-state index contributed by atoms with van der Waals surface area (Å²) in [5.74, 6) is 0.142. The molecule has 1 rings (SSSR count). The number of nitrogens with zero attached hydrogens (tertiary/aromatic N) is 1. The molecular weight excluding hydrogens is 202 g/mol. The van der Waals surface area contributed by atoms with Crippen molar-refractivity contribution in [1.29, 1.82) is 0 Å². The number of carbonyl (C=O) groups excluding carboxylic acids is 1. The molecule has 16 heavy (non-hydrogen) atoms. The first-order valence-electron chi connectivity index (χ1n) is 5.47. The monoisotopic (exact) mass is 221 g/mol. The van der Waals surface area contributed by atoms with Gasteiger partial charge in [-0.1, -0.05) is 26.8 Å². The highest BCUT2D eigenvalue weighted by molar-refractivity contribution is 5.80. The van der Waals surface area contributed by atoms with Gasteiger partial charge in [0.25, 0.3) is 0 Å². The van der Waals surface area contributed by atoms with E-state index in [2.05, 4.69) is 4.98 Å². The standard InChI is InChI=1S/C13H19NO2/c1-13(2,3)8-12(15)10-16-9-11-6-4-5-7-14-11/h4-7H,8-10H2,1-3H3. The molecule has 3 heteroatoms. The minimum Gasteiger partial charge on any atom is -0.367 e. The van der Waals surface area contributed by atoms with Crippen molar-refractivity contribution < 1.29 is 9.53 Å². The lowest BCUT2D eigenvalue weighted by Crippen LogP contribution is -2.17. The van der Waals surface area contributed by atoms with Gasteiger partial charge in [0.15, 0.2) is 5.78 Å². The zero-order valence-electron chi connectivity index (χ0n) is 10.2. The minimum absolute atomic E-state index is 0.0332. The fourth-order valence-corrected chi connectivity index (χ4v) is 1.40. The van der Waals surface area contributed by atoms with Crippen LogP contribution < -0.4 is 0 Å². The van der Waals surface area contributed by atoms with Gasteiger partial charge in [-0.25, -0.2) is 0 Å². The smallest absolute Gasteiger partial charge is 0.159 e. The van der Waals surface area contributed by atoms with Crippen LogP contribution in [0.15, 0.2) is 24.4 Å². The van der Waals surface area contributed by atoms with Gasteiger partial charge in [-0.2, -0.15) is 0 Å². The molecule has 0 bridgehead atoms. The molecule has 0 atom stereocenters. The molecule has 0 radical (unpaired) electrons. The largest absolute Gasteiger partial charge is 0.367 e. The second-order valence-corrected chi connectivity index (χ2v) is 5.09. The predicted octanol–water partition coefficient (Wildman–Crippen LogP) is 2.60. The molecule has 0 saturated heterocycles. The molecule has 0 amide bonds. The highest BCUT2D eigenvalue weighted by Gasteiger charge is 2.15. The zero-order chi connectivity index (χ0) is 12.0. The molecule has 1 aromatic rings. The highest BCUT2D eigenvalue weighted by atomic mass is 16.5. The van der Waals surface area contributed by atoms with Crippen LogP contribution in [-0.2, 0) is 16.1 Å². The van der Waals surface area contributed by atoms with Gasteiger partial charge < -0.3 is 4.74 Å². The van der Waals surface area contributed by atoms with E-state index in [1.807, 2.05) is 39.0 Å². The van der Waals surface area contributed by atoms with Crippen LogP contribution in [0.25, 0.3) is 0 Å². The number of rotatable bonds is 5. The van der Waals surface area contributed by atoms with Crippen LogP contribution in [0.3, 0.4) is 0 Å². The molecule has 3 nitrogen and oxygen atoms in total. The Labute approximate surface area is 96.8 Å². The summed E-state index contributed by atoms with van der Waals surface area (Å²) in [5, 5.41) is 0. The molecule has 0 aliphatic rings. The van der Waals surface area contributed by atoms with Gasteiger partial charge in [0, 0.05) is 12.6 Å². The van der Waals surface area contributed by atoms with Crippen LogP contribution in [0.5, 0.6) is 0 Å². The molecule has 0 fully saturated rings. The Morgan fingerprint density at radius 2 is 2.12 bits per heavy atom. The second-order valence-electron chi connectivity index (χ2n) is 5.09. The second kappa shape index (κ2) is 5.75. The Hall–Kier alpha value is -1.22. The molecule has 0 saturated carbocycles. The summed E-state index contributed by atoms with van der Waals surface area (Å²) < 4.78 is 5.32. The van der Waals surface area contributed by atoms with Crippen LogP contribution in [0.4, 0.5) is 0 Å². The van der Waals surface area contributed by atoms with E-state index in [0.29, 0.717) is 13.0 Å². The molecule has 0 aliphatic heterocycles. The Balaban J connectivity index is 2.24. The summed E-state index contributed by atoms with van der Waals surface area (Å²) in [6.45, 7) is 6.71. The topological polar surface area (TPSA) is 39.2 Å². The summed E-state index contributed by atoms with van der Waals surface area (Å²) in [6.07, 6.45) is 2.27. The molecule has 0 unspecified atom stereocenters. The maximum Gasteiger partial charge on any atom is 0.159 e. The Morgan fingerprint density at radius 1 is 1.38 bits per heavy atom. The first kappa shape index (κ1) is 12.8. The Bertz CT molecular complexity index is 328. The van der Waals surface area contributed by atoms with Crippen molar-refractivity contribution in [1.82, 2.24) is 4.98 Å². The van der Waals surface area contributed by atoms with Crippen molar-refractivity contribution in [2.75, 3.05) is 6.61 Å². The van der Waals surface area contributed by atoms with Crippen LogP contribution in [-0.4, -0.2) is 17.4 Å². The summed E-state index contributed by atoms with van der Waals surface area (Å²) in [4.78, 5) is 15.6. The zero-order valence-corrected chi connectivity index (χ0v) is 10.2. The third-order valence-electron chi connectivity index (χ3n) is 1.97. The molecule has 1 heterocycles. The van der Waals surface area contributed by atoms with Gasteiger partial charge in [0.2, 0.25) is 0 Å². The quantitative estimate of drug-likeness (QED) is 0.767. The van der Waals surface area contributed by atoms with Crippen LogP contribution in [0, 0.1) is 5.41 Å². The molecule has 0 aliphatic carbocycles. The molecule has 0 spiro atoms. The van der Waals surface area contributed by atoms with Crippen LogP contribution in [0.1, 0.15) is 32.9 Å². The summed E-state index contributed by atoms with van der Waals surface area (Å²) in [7, 11) is 0. The van der Waals surface area contributed by atoms with E-state index in [1.54, 1.807) is 6.20 Å². The van der Waals surface area contributed by atoms with Crippen molar-refractivity contribution in [2.24, 2.45) is 5.41 Å². The fraction of sp³-hybridized carbons (Fsp3) is 0.538. The van der Waals surface area contributed by atoms with E-state index < -0.39 is 0 Å².